The average Bonchev–Trinajstić information content (AvgIpc) is 3.12. The summed E-state index contributed by atoms with van der Waals surface area (Å²) in [6.07, 6.45) is 0.434. The molecule has 0 radical (unpaired) electrons. The van der Waals surface area contributed by atoms with Crippen molar-refractivity contribution in [2.45, 2.75) is 32.0 Å². The van der Waals surface area contributed by atoms with Crippen LogP contribution in [0.15, 0.2) is 36.4 Å². The van der Waals surface area contributed by atoms with Crippen molar-refractivity contribution in [1.29, 1.82) is 0 Å². The van der Waals surface area contributed by atoms with Gasteiger partial charge in [-0.3, -0.25) is 34.6 Å². The average molecular weight is 464 g/mol. The number of halogens is 1. The van der Waals surface area contributed by atoms with Gasteiger partial charge in [-0.2, -0.15) is 4.39 Å². The van der Waals surface area contributed by atoms with Crippen molar-refractivity contribution in [1.82, 2.24) is 15.5 Å². The number of fused-ring (bicyclic) bond motifs is 1. The van der Waals surface area contributed by atoms with Gasteiger partial charge >= 0.3 is 5.69 Å². The lowest BCUT2D eigenvalue weighted by molar-refractivity contribution is -0.387. The molecule has 1 saturated heterocycles. The van der Waals surface area contributed by atoms with Crippen LogP contribution in [0.3, 0.4) is 0 Å². The molecule has 2 aliphatic rings. The van der Waals surface area contributed by atoms with Gasteiger partial charge in [-0.25, -0.2) is 0 Å². The third-order valence-corrected chi connectivity index (χ3v) is 5.50. The zero-order chi connectivity index (χ0) is 24.4. The Labute approximate surface area is 192 Å². The molecular formula is C23H17FN4O6. The first-order chi connectivity index (χ1) is 16.2. The van der Waals surface area contributed by atoms with E-state index in [9.17, 15) is 33.7 Å². The van der Waals surface area contributed by atoms with Crippen LogP contribution in [-0.2, 0) is 27.5 Å². The summed E-state index contributed by atoms with van der Waals surface area (Å²) in [5, 5.41) is 15.6. The summed E-state index contributed by atoms with van der Waals surface area (Å²) in [4.78, 5) is 59.6. The van der Waals surface area contributed by atoms with Crippen LogP contribution in [0.2, 0.25) is 0 Å². The first-order valence-electron chi connectivity index (χ1n) is 10.2. The molecule has 10 nitrogen and oxygen atoms in total. The molecule has 2 heterocycles. The summed E-state index contributed by atoms with van der Waals surface area (Å²) >= 11 is 0. The Morgan fingerprint density at radius 2 is 2.03 bits per heavy atom. The lowest BCUT2D eigenvalue weighted by Crippen LogP contribution is -2.52. The van der Waals surface area contributed by atoms with Crippen molar-refractivity contribution in [3.63, 3.8) is 0 Å². The van der Waals surface area contributed by atoms with E-state index < -0.39 is 34.3 Å². The Morgan fingerprint density at radius 3 is 2.76 bits per heavy atom. The number of rotatable bonds is 4. The van der Waals surface area contributed by atoms with Gasteiger partial charge in [-0.15, -0.1) is 0 Å². The third kappa shape index (κ3) is 4.61. The predicted molar refractivity (Wildman–Crippen MR) is 114 cm³/mol. The zero-order valence-electron chi connectivity index (χ0n) is 17.6. The molecule has 1 unspecified atom stereocenters. The number of nitro groups is 1. The van der Waals surface area contributed by atoms with Crippen molar-refractivity contribution in [2.75, 3.05) is 0 Å². The van der Waals surface area contributed by atoms with E-state index in [1.165, 1.54) is 11.0 Å². The third-order valence-electron chi connectivity index (χ3n) is 5.50. The fourth-order valence-corrected chi connectivity index (χ4v) is 3.82. The van der Waals surface area contributed by atoms with Gasteiger partial charge in [-0.05, 0) is 35.7 Å². The highest BCUT2D eigenvalue weighted by Gasteiger charge is 2.39. The van der Waals surface area contributed by atoms with Crippen LogP contribution >= 0.6 is 0 Å². The molecule has 4 amide bonds. The molecule has 0 aliphatic carbocycles. The summed E-state index contributed by atoms with van der Waals surface area (Å²) in [6.45, 7) is 0.322. The van der Waals surface area contributed by atoms with Crippen molar-refractivity contribution in [3.8, 4) is 11.8 Å². The molecular weight excluding hydrogens is 447 g/mol. The van der Waals surface area contributed by atoms with Gasteiger partial charge in [0.15, 0.2) is 0 Å². The number of nitrogens with one attached hydrogen (secondary N) is 2. The van der Waals surface area contributed by atoms with Crippen LogP contribution in [0.5, 0.6) is 0 Å². The first-order valence-corrected chi connectivity index (χ1v) is 10.2. The molecule has 0 bridgehead atoms. The normalized spacial score (nSPS) is 16.9. The van der Waals surface area contributed by atoms with Crippen LogP contribution in [-0.4, -0.2) is 39.5 Å². The van der Waals surface area contributed by atoms with E-state index in [1.54, 1.807) is 18.2 Å². The lowest BCUT2D eigenvalue weighted by atomic mass is 10.0. The van der Waals surface area contributed by atoms with Crippen LogP contribution in [0, 0.1) is 27.8 Å². The number of carbonyl (C=O) groups is 4. The Hall–Kier alpha value is -4.59. The topological polar surface area (TPSA) is 139 Å². The second kappa shape index (κ2) is 9.11. The number of amides is 4. The van der Waals surface area contributed by atoms with Gasteiger partial charge in [0.1, 0.15) is 6.04 Å². The van der Waals surface area contributed by atoms with E-state index in [2.05, 4.69) is 22.5 Å². The van der Waals surface area contributed by atoms with Crippen molar-refractivity contribution < 1.29 is 28.5 Å². The van der Waals surface area contributed by atoms with Crippen molar-refractivity contribution >= 4 is 29.3 Å². The highest BCUT2D eigenvalue weighted by Crippen LogP contribution is 2.28. The van der Waals surface area contributed by atoms with Gasteiger partial charge in [0, 0.05) is 42.6 Å². The number of nitro benzene ring substituents is 1. The van der Waals surface area contributed by atoms with Gasteiger partial charge in [0.2, 0.25) is 17.6 Å². The van der Waals surface area contributed by atoms with Gasteiger partial charge < -0.3 is 10.2 Å². The van der Waals surface area contributed by atoms with Crippen molar-refractivity contribution in [2.24, 2.45) is 0 Å². The van der Waals surface area contributed by atoms with E-state index in [4.69, 9.17) is 0 Å². The number of nitrogens with zero attached hydrogens (tertiary/aromatic N) is 2. The molecule has 2 aromatic rings. The minimum absolute atomic E-state index is 0.108. The highest BCUT2D eigenvalue weighted by atomic mass is 19.1. The minimum atomic E-state index is -0.994. The molecule has 34 heavy (non-hydrogen) atoms. The maximum absolute atomic E-state index is 13.4. The van der Waals surface area contributed by atoms with Crippen molar-refractivity contribution in [3.05, 3.63) is 74.6 Å². The Bertz CT molecular complexity index is 1310. The fraction of sp³-hybridized carbons (Fsp3) is 0.217. The SMILES string of the molecule is O=C(C#Cc1ccc(F)c([N+](=O)[O-])c1)NCc1ccc2c(c1)CN(C1CCC(=O)NC1=O)C2=O. The number of piperidine rings is 1. The highest BCUT2D eigenvalue weighted by molar-refractivity contribution is 6.05. The van der Waals surface area contributed by atoms with Gasteiger partial charge in [0.25, 0.3) is 11.8 Å². The van der Waals surface area contributed by atoms with E-state index in [0.29, 0.717) is 16.7 Å². The van der Waals surface area contributed by atoms with E-state index >= 15 is 0 Å². The van der Waals surface area contributed by atoms with Gasteiger partial charge in [-0.1, -0.05) is 18.1 Å². The largest absolute Gasteiger partial charge is 0.341 e. The quantitative estimate of drug-likeness (QED) is 0.301. The Kier molecular flexibility index (Phi) is 6.05. The molecule has 2 aliphatic heterocycles. The second-order valence-corrected chi connectivity index (χ2v) is 7.75. The second-order valence-electron chi connectivity index (χ2n) is 7.75. The van der Waals surface area contributed by atoms with Crippen LogP contribution in [0.25, 0.3) is 0 Å². The molecule has 4 rings (SSSR count). The standard InChI is InChI=1S/C23H17FN4O6/c24-17-5-2-13(10-19(17)28(33)34)3-7-20(29)25-11-14-1-4-16-15(9-14)12-27(23(16)32)18-6-8-21(30)26-22(18)31/h1-2,4-5,9-10,18H,6,8,11-12H2,(H,25,29)(H,26,30,31). The van der Waals surface area contributed by atoms with E-state index in [1.807, 2.05) is 0 Å². The number of hydrogen-bond donors (Lipinski definition) is 2. The number of benzene rings is 2. The van der Waals surface area contributed by atoms with Gasteiger partial charge in [0.05, 0.1) is 4.92 Å². The molecule has 0 saturated carbocycles. The number of hydrogen-bond acceptors (Lipinski definition) is 6. The maximum Gasteiger partial charge on any atom is 0.306 e. The van der Waals surface area contributed by atoms with Crippen LogP contribution in [0.1, 0.15) is 39.9 Å². The molecule has 2 aromatic carbocycles. The molecule has 172 valence electrons. The molecule has 2 N–H and O–H groups in total. The van der Waals surface area contributed by atoms with Crippen LogP contribution in [0.4, 0.5) is 10.1 Å². The summed E-state index contributed by atoms with van der Waals surface area (Å²) in [5.74, 6) is 1.97. The summed E-state index contributed by atoms with van der Waals surface area (Å²) in [6, 6.07) is 7.41. The van der Waals surface area contributed by atoms with E-state index in [-0.39, 0.29) is 43.3 Å². The smallest absolute Gasteiger partial charge is 0.306 e. The first kappa shape index (κ1) is 22.6. The summed E-state index contributed by atoms with van der Waals surface area (Å²) < 4.78 is 13.4. The summed E-state index contributed by atoms with van der Waals surface area (Å²) in [7, 11) is 0. The molecule has 1 fully saturated rings. The molecule has 0 aromatic heterocycles. The van der Waals surface area contributed by atoms with Crippen LogP contribution < -0.4 is 10.6 Å². The van der Waals surface area contributed by atoms with E-state index in [0.717, 1.165) is 12.1 Å². The number of carbonyl (C=O) groups excluding carboxylic acids is 4. The predicted octanol–water partition coefficient (Wildman–Crippen LogP) is 1.16. The Balaban J connectivity index is 1.39. The monoisotopic (exact) mass is 464 g/mol. The Morgan fingerprint density at radius 1 is 1.24 bits per heavy atom. The lowest BCUT2D eigenvalue weighted by Gasteiger charge is -2.29. The molecule has 11 heteroatoms. The summed E-state index contributed by atoms with van der Waals surface area (Å²) in [5.41, 5.74) is 1.24. The maximum atomic E-state index is 13.4. The molecule has 0 spiro atoms. The fourth-order valence-electron chi connectivity index (χ4n) is 3.82. The molecule has 1 atom stereocenters. The zero-order valence-corrected chi connectivity index (χ0v) is 17.6. The number of imide groups is 1. The minimum Gasteiger partial charge on any atom is -0.341 e.